The van der Waals surface area contributed by atoms with Crippen LogP contribution in [-0.4, -0.2) is 24.7 Å². The molecule has 0 aromatic heterocycles. The molecule has 0 aromatic rings. The average Bonchev–Trinajstić information content (AvgIpc) is 2.46. The van der Waals surface area contributed by atoms with E-state index in [0.29, 0.717) is 0 Å². The summed E-state index contributed by atoms with van der Waals surface area (Å²) in [4.78, 5) is 11.8. The van der Waals surface area contributed by atoms with Gasteiger partial charge in [0.25, 0.3) is 0 Å². The van der Waals surface area contributed by atoms with Gasteiger partial charge < -0.3 is 10.1 Å². The Morgan fingerprint density at radius 1 is 1.20 bits per heavy atom. The second-order valence-corrected chi connectivity index (χ2v) is 4.89. The molecule has 3 nitrogen and oxygen atoms in total. The predicted molar refractivity (Wildman–Crippen MR) is 60.7 cm³/mol. The number of rotatable bonds is 3. The normalized spacial score (nSPS) is 19.7. The molecule has 0 saturated heterocycles. The monoisotopic (exact) mass is 213 g/mol. The first kappa shape index (κ1) is 12.5. The van der Waals surface area contributed by atoms with Crippen molar-refractivity contribution in [1.82, 2.24) is 5.32 Å². The highest BCUT2D eigenvalue weighted by molar-refractivity contribution is 5.79. The van der Waals surface area contributed by atoms with Crippen LogP contribution in [0.15, 0.2) is 0 Å². The number of hydrogen-bond donors (Lipinski definition) is 1. The summed E-state index contributed by atoms with van der Waals surface area (Å²) in [6, 6.07) is 0. The van der Waals surface area contributed by atoms with E-state index in [0.717, 1.165) is 12.8 Å². The molecule has 0 aromatic carbocycles. The SMILES string of the molecule is CNC(C)(C)C(=O)OC1CCCCCC1. The number of carbonyl (C=O) groups is 1. The van der Waals surface area contributed by atoms with Crippen LogP contribution in [0.2, 0.25) is 0 Å². The molecule has 0 heterocycles. The third-order valence-corrected chi connectivity index (χ3v) is 3.21. The maximum Gasteiger partial charge on any atom is 0.326 e. The van der Waals surface area contributed by atoms with Crippen molar-refractivity contribution in [1.29, 1.82) is 0 Å². The summed E-state index contributed by atoms with van der Waals surface area (Å²) < 4.78 is 5.53. The Morgan fingerprint density at radius 2 is 1.73 bits per heavy atom. The summed E-state index contributed by atoms with van der Waals surface area (Å²) in [5.74, 6) is -0.128. The fourth-order valence-electron chi connectivity index (χ4n) is 1.76. The van der Waals surface area contributed by atoms with E-state index < -0.39 is 5.54 Å². The zero-order valence-electron chi connectivity index (χ0n) is 10.1. The minimum absolute atomic E-state index is 0.128. The zero-order chi connectivity index (χ0) is 11.3. The molecule has 1 rings (SSSR count). The number of carbonyl (C=O) groups excluding carboxylic acids is 1. The highest BCUT2D eigenvalue weighted by atomic mass is 16.5. The highest BCUT2D eigenvalue weighted by Gasteiger charge is 2.29. The Hall–Kier alpha value is -0.570. The van der Waals surface area contributed by atoms with E-state index in [1.54, 1.807) is 7.05 Å². The lowest BCUT2D eigenvalue weighted by Gasteiger charge is -2.25. The van der Waals surface area contributed by atoms with Gasteiger partial charge in [0, 0.05) is 0 Å². The van der Waals surface area contributed by atoms with Crippen molar-refractivity contribution in [2.45, 2.75) is 64.0 Å². The largest absolute Gasteiger partial charge is 0.461 e. The minimum Gasteiger partial charge on any atom is -0.461 e. The minimum atomic E-state index is -0.563. The Kier molecular flexibility index (Phi) is 4.58. The number of hydrogen-bond acceptors (Lipinski definition) is 3. The molecule has 0 amide bonds. The quantitative estimate of drug-likeness (QED) is 0.577. The summed E-state index contributed by atoms with van der Waals surface area (Å²) >= 11 is 0. The van der Waals surface area contributed by atoms with Crippen molar-refractivity contribution in [2.75, 3.05) is 7.05 Å². The molecule has 0 aliphatic heterocycles. The van der Waals surface area contributed by atoms with E-state index in [4.69, 9.17) is 4.74 Å². The van der Waals surface area contributed by atoms with E-state index in [2.05, 4.69) is 5.32 Å². The van der Waals surface area contributed by atoms with Crippen LogP contribution in [0.3, 0.4) is 0 Å². The molecule has 1 saturated carbocycles. The molecule has 1 fully saturated rings. The fraction of sp³-hybridized carbons (Fsp3) is 0.917. The van der Waals surface area contributed by atoms with E-state index >= 15 is 0 Å². The molecular formula is C12H23NO2. The highest BCUT2D eigenvalue weighted by Crippen LogP contribution is 2.21. The molecule has 0 spiro atoms. The molecule has 1 aliphatic carbocycles. The van der Waals surface area contributed by atoms with Crippen LogP contribution in [0, 0.1) is 0 Å². The fourth-order valence-corrected chi connectivity index (χ4v) is 1.76. The third kappa shape index (κ3) is 3.82. The molecular weight excluding hydrogens is 190 g/mol. The van der Waals surface area contributed by atoms with Crippen LogP contribution in [0.1, 0.15) is 52.4 Å². The number of esters is 1. The summed E-state index contributed by atoms with van der Waals surface area (Å²) in [6.07, 6.45) is 7.16. The van der Waals surface area contributed by atoms with Crippen LogP contribution in [-0.2, 0) is 9.53 Å². The van der Waals surface area contributed by atoms with Crippen molar-refractivity contribution in [2.24, 2.45) is 0 Å². The van der Waals surface area contributed by atoms with Crippen LogP contribution >= 0.6 is 0 Å². The number of likely N-dealkylation sites (N-methyl/N-ethyl adjacent to an activating group) is 1. The lowest BCUT2D eigenvalue weighted by molar-refractivity contribution is -0.156. The lowest BCUT2D eigenvalue weighted by atomic mass is 10.1. The van der Waals surface area contributed by atoms with E-state index in [1.165, 1.54) is 25.7 Å². The van der Waals surface area contributed by atoms with Gasteiger partial charge in [0.05, 0.1) is 0 Å². The maximum atomic E-state index is 11.8. The van der Waals surface area contributed by atoms with Gasteiger partial charge in [-0.05, 0) is 46.6 Å². The van der Waals surface area contributed by atoms with Gasteiger partial charge in [-0.25, -0.2) is 0 Å². The van der Waals surface area contributed by atoms with Crippen LogP contribution in [0.25, 0.3) is 0 Å². The second-order valence-electron chi connectivity index (χ2n) is 4.89. The van der Waals surface area contributed by atoms with Gasteiger partial charge in [0.15, 0.2) is 0 Å². The summed E-state index contributed by atoms with van der Waals surface area (Å²) in [7, 11) is 1.79. The van der Waals surface area contributed by atoms with Crippen LogP contribution in [0.4, 0.5) is 0 Å². The van der Waals surface area contributed by atoms with Gasteiger partial charge in [-0.1, -0.05) is 12.8 Å². The van der Waals surface area contributed by atoms with Gasteiger partial charge in [0.1, 0.15) is 11.6 Å². The first-order valence-corrected chi connectivity index (χ1v) is 5.96. The van der Waals surface area contributed by atoms with Crippen molar-refractivity contribution in [3.63, 3.8) is 0 Å². The van der Waals surface area contributed by atoms with Crippen molar-refractivity contribution >= 4 is 5.97 Å². The smallest absolute Gasteiger partial charge is 0.326 e. The standard InChI is InChI=1S/C12H23NO2/c1-12(2,13-3)11(14)15-10-8-6-4-5-7-9-10/h10,13H,4-9H2,1-3H3. The third-order valence-electron chi connectivity index (χ3n) is 3.21. The molecule has 0 atom stereocenters. The second kappa shape index (κ2) is 5.50. The Morgan fingerprint density at radius 3 is 2.20 bits per heavy atom. The van der Waals surface area contributed by atoms with Crippen molar-refractivity contribution < 1.29 is 9.53 Å². The molecule has 1 aliphatic rings. The van der Waals surface area contributed by atoms with Crippen LogP contribution < -0.4 is 5.32 Å². The lowest BCUT2D eigenvalue weighted by Crippen LogP contribution is -2.46. The predicted octanol–water partition coefficient (Wildman–Crippen LogP) is 2.25. The van der Waals surface area contributed by atoms with Crippen molar-refractivity contribution in [3.05, 3.63) is 0 Å². The van der Waals surface area contributed by atoms with E-state index in [9.17, 15) is 4.79 Å². The molecule has 0 bridgehead atoms. The van der Waals surface area contributed by atoms with E-state index in [-0.39, 0.29) is 12.1 Å². The average molecular weight is 213 g/mol. The zero-order valence-corrected chi connectivity index (χ0v) is 10.1. The van der Waals surface area contributed by atoms with Gasteiger partial charge in [-0.3, -0.25) is 4.79 Å². The molecule has 0 unspecified atom stereocenters. The first-order valence-electron chi connectivity index (χ1n) is 5.96. The topological polar surface area (TPSA) is 38.3 Å². The Labute approximate surface area is 92.6 Å². The molecule has 3 heteroatoms. The Balaban J connectivity index is 2.42. The number of ether oxygens (including phenoxy) is 1. The molecule has 15 heavy (non-hydrogen) atoms. The van der Waals surface area contributed by atoms with Gasteiger partial charge in [0.2, 0.25) is 0 Å². The van der Waals surface area contributed by atoms with Gasteiger partial charge in [-0.2, -0.15) is 0 Å². The first-order chi connectivity index (χ1) is 7.06. The van der Waals surface area contributed by atoms with Gasteiger partial charge >= 0.3 is 5.97 Å². The summed E-state index contributed by atoms with van der Waals surface area (Å²) in [6.45, 7) is 3.71. The molecule has 88 valence electrons. The van der Waals surface area contributed by atoms with Crippen molar-refractivity contribution in [3.8, 4) is 0 Å². The van der Waals surface area contributed by atoms with Crippen LogP contribution in [0.5, 0.6) is 0 Å². The Bertz CT molecular complexity index is 206. The summed E-state index contributed by atoms with van der Waals surface area (Å²) in [5.41, 5.74) is -0.563. The summed E-state index contributed by atoms with van der Waals surface area (Å²) in [5, 5.41) is 2.97. The number of nitrogens with one attached hydrogen (secondary N) is 1. The molecule has 1 N–H and O–H groups in total. The molecule has 0 radical (unpaired) electrons. The maximum absolute atomic E-state index is 11.8. The van der Waals surface area contributed by atoms with E-state index in [1.807, 2.05) is 13.8 Å². The van der Waals surface area contributed by atoms with Gasteiger partial charge in [-0.15, -0.1) is 0 Å².